The van der Waals surface area contributed by atoms with Crippen molar-refractivity contribution < 1.29 is 9.32 Å². The van der Waals surface area contributed by atoms with Gasteiger partial charge in [0.15, 0.2) is 0 Å². The lowest BCUT2D eigenvalue weighted by Gasteiger charge is -2.20. The van der Waals surface area contributed by atoms with E-state index in [1.807, 2.05) is 31.2 Å². The van der Waals surface area contributed by atoms with Crippen LogP contribution in [0.3, 0.4) is 0 Å². The zero-order valence-electron chi connectivity index (χ0n) is 14.8. The highest BCUT2D eigenvalue weighted by atomic mass is 35.5. The van der Waals surface area contributed by atoms with Gasteiger partial charge in [-0.15, -0.1) is 0 Å². The summed E-state index contributed by atoms with van der Waals surface area (Å²) in [6.07, 6.45) is 2.77. The van der Waals surface area contributed by atoms with E-state index >= 15 is 0 Å². The average molecular weight is 383 g/mol. The van der Waals surface area contributed by atoms with Crippen LogP contribution in [0.4, 0.5) is 0 Å². The van der Waals surface area contributed by atoms with Gasteiger partial charge in [0, 0.05) is 17.0 Å². The summed E-state index contributed by atoms with van der Waals surface area (Å²) in [6, 6.07) is 7.62. The Labute approximate surface area is 158 Å². The maximum Gasteiger partial charge on any atom is 0.229 e. The Morgan fingerprint density at radius 2 is 1.88 bits per heavy atom. The molecule has 0 aliphatic rings. The van der Waals surface area contributed by atoms with E-state index in [2.05, 4.69) is 24.3 Å². The first kappa shape index (κ1) is 19.8. The lowest BCUT2D eigenvalue weighted by Crippen LogP contribution is -2.29. The highest BCUT2D eigenvalue weighted by Crippen LogP contribution is 2.24. The second-order valence-corrected chi connectivity index (χ2v) is 7.44. The molecule has 2 rings (SSSR count). The highest BCUT2D eigenvalue weighted by Gasteiger charge is 2.17. The van der Waals surface area contributed by atoms with Crippen molar-refractivity contribution in [3.63, 3.8) is 0 Å². The van der Waals surface area contributed by atoms with Crippen LogP contribution in [0.15, 0.2) is 28.8 Å². The Morgan fingerprint density at radius 3 is 2.44 bits per heavy atom. The quantitative estimate of drug-likeness (QED) is 0.653. The fraction of sp³-hybridized carbons (Fsp3) is 0.474. The third kappa shape index (κ3) is 6.05. The first-order chi connectivity index (χ1) is 11.9. The van der Waals surface area contributed by atoms with Gasteiger partial charge in [-0.1, -0.05) is 42.7 Å². The van der Waals surface area contributed by atoms with Gasteiger partial charge in [0.2, 0.25) is 11.1 Å². The van der Waals surface area contributed by atoms with E-state index in [1.165, 1.54) is 0 Å². The van der Waals surface area contributed by atoms with Crippen LogP contribution in [0.25, 0.3) is 0 Å². The zero-order chi connectivity index (χ0) is 18.4. The van der Waals surface area contributed by atoms with Crippen LogP contribution in [0.5, 0.6) is 0 Å². The molecule has 0 saturated heterocycles. The number of amides is 1. The van der Waals surface area contributed by atoms with Gasteiger partial charge >= 0.3 is 0 Å². The van der Waals surface area contributed by atoms with Gasteiger partial charge in [0.25, 0.3) is 0 Å². The SMILES string of the molecule is Cc1noc(Cl)c1CCC(=O)NC(CCC(C)C)c1ccc(Cl)cc1. The smallest absolute Gasteiger partial charge is 0.229 e. The molecular formula is C19H24Cl2N2O2. The fourth-order valence-corrected chi connectivity index (χ4v) is 3.05. The molecule has 1 aromatic heterocycles. The molecule has 0 spiro atoms. The Kier molecular flexibility index (Phi) is 7.33. The monoisotopic (exact) mass is 382 g/mol. The predicted octanol–water partition coefficient (Wildman–Crippen LogP) is 5.52. The molecule has 0 saturated carbocycles. The van der Waals surface area contributed by atoms with Crippen LogP contribution in [-0.2, 0) is 11.2 Å². The number of nitrogens with zero attached hydrogens (tertiary/aromatic N) is 1. The Balaban J connectivity index is 1.99. The maximum absolute atomic E-state index is 12.4. The third-order valence-electron chi connectivity index (χ3n) is 4.18. The molecule has 136 valence electrons. The van der Waals surface area contributed by atoms with E-state index in [-0.39, 0.29) is 17.2 Å². The number of hydrogen-bond donors (Lipinski definition) is 1. The summed E-state index contributed by atoms with van der Waals surface area (Å²) in [7, 11) is 0. The van der Waals surface area contributed by atoms with Crippen molar-refractivity contribution in [1.29, 1.82) is 0 Å². The van der Waals surface area contributed by atoms with Crippen molar-refractivity contribution in [3.05, 3.63) is 51.3 Å². The molecule has 0 aliphatic carbocycles. The Hall–Kier alpha value is -1.52. The summed E-state index contributed by atoms with van der Waals surface area (Å²) >= 11 is 11.9. The molecule has 1 unspecified atom stereocenters. The minimum Gasteiger partial charge on any atom is -0.349 e. The molecule has 1 aromatic carbocycles. The van der Waals surface area contributed by atoms with Crippen molar-refractivity contribution in [3.8, 4) is 0 Å². The summed E-state index contributed by atoms with van der Waals surface area (Å²) in [5, 5.41) is 7.90. The number of benzene rings is 1. The van der Waals surface area contributed by atoms with Crippen molar-refractivity contribution in [1.82, 2.24) is 10.5 Å². The molecular weight excluding hydrogens is 359 g/mol. The zero-order valence-corrected chi connectivity index (χ0v) is 16.3. The number of halogens is 2. The molecule has 1 N–H and O–H groups in total. The van der Waals surface area contributed by atoms with Crippen molar-refractivity contribution >= 4 is 29.1 Å². The maximum atomic E-state index is 12.4. The largest absolute Gasteiger partial charge is 0.349 e. The number of aryl methyl sites for hydroxylation is 1. The number of hydrogen-bond acceptors (Lipinski definition) is 3. The normalized spacial score (nSPS) is 12.4. The van der Waals surface area contributed by atoms with Gasteiger partial charge in [-0.25, -0.2) is 0 Å². The molecule has 1 atom stereocenters. The summed E-state index contributed by atoms with van der Waals surface area (Å²) in [4.78, 5) is 12.4. The Bertz CT molecular complexity index is 676. The van der Waals surface area contributed by atoms with Crippen LogP contribution < -0.4 is 5.32 Å². The molecule has 0 bridgehead atoms. The van der Waals surface area contributed by atoms with E-state index in [9.17, 15) is 4.79 Å². The molecule has 1 heterocycles. The minimum atomic E-state index is -0.0220. The van der Waals surface area contributed by atoms with Crippen molar-refractivity contribution in [2.45, 2.75) is 52.5 Å². The lowest BCUT2D eigenvalue weighted by molar-refractivity contribution is -0.121. The van der Waals surface area contributed by atoms with Gasteiger partial charge in [-0.2, -0.15) is 0 Å². The number of carbonyl (C=O) groups excluding carboxylic acids is 1. The summed E-state index contributed by atoms with van der Waals surface area (Å²) in [5.41, 5.74) is 2.59. The van der Waals surface area contributed by atoms with Gasteiger partial charge < -0.3 is 9.84 Å². The third-order valence-corrected chi connectivity index (χ3v) is 4.73. The molecule has 0 fully saturated rings. The van der Waals surface area contributed by atoms with Gasteiger partial charge in [0.1, 0.15) is 0 Å². The molecule has 4 nitrogen and oxygen atoms in total. The summed E-state index contributed by atoms with van der Waals surface area (Å²) in [6.45, 7) is 6.18. The molecule has 25 heavy (non-hydrogen) atoms. The van der Waals surface area contributed by atoms with E-state index in [0.29, 0.717) is 23.8 Å². The van der Waals surface area contributed by atoms with Gasteiger partial charge in [-0.05, 0) is 61.4 Å². The summed E-state index contributed by atoms with van der Waals surface area (Å²) < 4.78 is 4.93. The molecule has 1 amide bonds. The molecule has 2 aromatic rings. The lowest BCUT2D eigenvalue weighted by atomic mass is 9.97. The van der Waals surface area contributed by atoms with Gasteiger partial charge in [0.05, 0.1) is 11.7 Å². The van der Waals surface area contributed by atoms with E-state index < -0.39 is 0 Å². The average Bonchev–Trinajstić information content (AvgIpc) is 2.88. The van der Waals surface area contributed by atoms with Crippen LogP contribution in [0, 0.1) is 12.8 Å². The standard InChI is InChI=1S/C19H24Cl2N2O2/c1-12(2)4-10-17(14-5-7-15(20)8-6-14)22-18(24)11-9-16-13(3)23-25-19(16)21/h5-8,12,17H,4,9-11H2,1-3H3,(H,22,24). The second kappa shape index (κ2) is 9.25. The fourth-order valence-electron chi connectivity index (χ4n) is 2.66. The first-order valence-corrected chi connectivity index (χ1v) is 9.28. The number of carbonyl (C=O) groups is 1. The van der Waals surface area contributed by atoms with Gasteiger partial charge in [-0.3, -0.25) is 4.79 Å². The molecule has 0 radical (unpaired) electrons. The second-order valence-electron chi connectivity index (χ2n) is 6.66. The van der Waals surface area contributed by atoms with E-state index in [1.54, 1.807) is 0 Å². The van der Waals surface area contributed by atoms with Crippen LogP contribution in [0.2, 0.25) is 10.2 Å². The van der Waals surface area contributed by atoms with Crippen molar-refractivity contribution in [2.24, 2.45) is 5.92 Å². The number of rotatable bonds is 8. The summed E-state index contributed by atoms with van der Waals surface area (Å²) in [5.74, 6) is 0.561. The minimum absolute atomic E-state index is 0.0135. The van der Waals surface area contributed by atoms with E-state index in [4.69, 9.17) is 27.7 Å². The van der Waals surface area contributed by atoms with Crippen LogP contribution >= 0.6 is 23.2 Å². The van der Waals surface area contributed by atoms with E-state index in [0.717, 1.165) is 29.7 Å². The first-order valence-electron chi connectivity index (χ1n) is 8.52. The molecule has 0 aliphatic heterocycles. The molecule has 6 heteroatoms. The Morgan fingerprint density at radius 1 is 1.20 bits per heavy atom. The van der Waals surface area contributed by atoms with Crippen LogP contribution in [-0.4, -0.2) is 11.1 Å². The van der Waals surface area contributed by atoms with Crippen LogP contribution in [0.1, 0.15) is 56.0 Å². The number of nitrogens with one attached hydrogen (secondary N) is 1. The topological polar surface area (TPSA) is 55.1 Å². The highest BCUT2D eigenvalue weighted by molar-refractivity contribution is 6.30. The predicted molar refractivity (Wildman–Crippen MR) is 101 cm³/mol. The number of aromatic nitrogens is 1. The van der Waals surface area contributed by atoms with Crippen molar-refractivity contribution in [2.75, 3.05) is 0 Å².